The van der Waals surface area contributed by atoms with Crippen LogP contribution in [0.4, 0.5) is 18.9 Å². The summed E-state index contributed by atoms with van der Waals surface area (Å²) in [5.74, 6) is 0. The first kappa shape index (κ1) is 17.8. The van der Waals surface area contributed by atoms with E-state index in [0.29, 0.717) is 18.8 Å². The van der Waals surface area contributed by atoms with Crippen molar-refractivity contribution in [3.8, 4) is 6.07 Å². The van der Waals surface area contributed by atoms with Crippen LogP contribution in [0.3, 0.4) is 0 Å². The van der Waals surface area contributed by atoms with Gasteiger partial charge in [0.05, 0.1) is 17.2 Å². The summed E-state index contributed by atoms with van der Waals surface area (Å²) in [4.78, 5) is 5.67. The van der Waals surface area contributed by atoms with E-state index in [-0.39, 0.29) is 5.56 Å². The molecule has 1 aromatic carbocycles. The first-order valence-electron chi connectivity index (χ1n) is 7.44. The Bertz CT molecular complexity index is 648. The summed E-state index contributed by atoms with van der Waals surface area (Å²) in [7, 11) is 0. The van der Waals surface area contributed by atoms with Crippen LogP contribution in [-0.4, -0.2) is 31.2 Å². The quantitative estimate of drug-likeness (QED) is 0.871. The van der Waals surface area contributed by atoms with E-state index in [0.717, 1.165) is 19.2 Å². The highest BCUT2D eigenvalue weighted by atomic mass is 19.4. The van der Waals surface area contributed by atoms with E-state index in [4.69, 9.17) is 5.26 Å². The first-order chi connectivity index (χ1) is 11.5. The third kappa shape index (κ3) is 4.96. The lowest BCUT2D eigenvalue weighted by atomic mass is 10.1. The number of nitriles is 1. The second-order valence-electron chi connectivity index (χ2n) is 5.10. The Balaban J connectivity index is 0.000000292. The lowest BCUT2D eigenvalue weighted by Gasteiger charge is -2.30. The van der Waals surface area contributed by atoms with Crippen molar-refractivity contribution in [1.82, 2.24) is 10.3 Å². The van der Waals surface area contributed by atoms with E-state index >= 15 is 0 Å². The van der Waals surface area contributed by atoms with Crippen molar-refractivity contribution in [3.05, 3.63) is 59.9 Å². The number of hydrogen-bond acceptors (Lipinski definition) is 4. The van der Waals surface area contributed by atoms with Crippen molar-refractivity contribution in [2.24, 2.45) is 0 Å². The van der Waals surface area contributed by atoms with Gasteiger partial charge in [0.25, 0.3) is 0 Å². The highest BCUT2D eigenvalue weighted by Crippen LogP contribution is 2.34. The van der Waals surface area contributed by atoms with Gasteiger partial charge in [0.2, 0.25) is 0 Å². The van der Waals surface area contributed by atoms with Crippen LogP contribution in [0.2, 0.25) is 0 Å². The fourth-order valence-electron chi connectivity index (χ4n) is 2.30. The maximum absolute atomic E-state index is 12.8. The van der Waals surface area contributed by atoms with E-state index in [1.165, 1.54) is 6.07 Å². The minimum Gasteiger partial charge on any atom is -0.369 e. The predicted molar refractivity (Wildman–Crippen MR) is 85.5 cm³/mol. The first-order valence-corrected chi connectivity index (χ1v) is 7.44. The largest absolute Gasteiger partial charge is 0.417 e. The lowest BCUT2D eigenvalue weighted by Crippen LogP contribution is -2.43. The van der Waals surface area contributed by atoms with Gasteiger partial charge in [0, 0.05) is 44.3 Å². The number of hydrogen-bond donors (Lipinski definition) is 1. The average Bonchev–Trinajstić information content (AvgIpc) is 2.63. The molecule has 0 spiro atoms. The van der Waals surface area contributed by atoms with E-state index in [2.05, 4.69) is 10.3 Å². The molecular formula is C17H17F3N4. The number of halogens is 3. The van der Waals surface area contributed by atoms with Gasteiger partial charge in [-0.25, -0.2) is 0 Å². The molecule has 126 valence electrons. The zero-order chi connectivity index (χ0) is 17.4. The third-order valence-electron chi connectivity index (χ3n) is 3.48. The number of benzene rings is 1. The van der Waals surface area contributed by atoms with Crippen LogP contribution in [0.1, 0.15) is 11.1 Å². The zero-order valence-electron chi connectivity index (χ0n) is 12.9. The molecule has 1 fully saturated rings. The van der Waals surface area contributed by atoms with E-state index < -0.39 is 11.7 Å². The predicted octanol–water partition coefficient (Wildman–Crippen LogP) is 3.07. The summed E-state index contributed by atoms with van der Waals surface area (Å²) < 4.78 is 38.4. The number of aromatic nitrogens is 1. The molecule has 4 nitrogen and oxygen atoms in total. The molecule has 0 unspecified atom stereocenters. The fraction of sp³-hybridized carbons (Fsp3) is 0.294. The van der Waals surface area contributed by atoms with Crippen LogP contribution in [-0.2, 0) is 6.18 Å². The van der Waals surface area contributed by atoms with Gasteiger partial charge >= 0.3 is 6.18 Å². The number of anilines is 1. The number of alkyl halides is 3. The minimum absolute atomic E-state index is 0.332. The highest BCUT2D eigenvalue weighted by molar-refractivity contribution is 5.55. The van der Waals surface area contributed by atoms with Crippen molar-refractivity contribution in [2.45, 2.75) is 6.18 Å². The number of nitrogens with zero attached hydrogens (tertiary/aromatic N) is 3. The second-order valence-corrected chi connectivity index (χ2v) is 5.10. The molecule has 0 atom stereocenters. The molecule has 1 aromatic heterocycles. The SMILES string of the molecule is N#Cc1ccc(N2CCNCC2)cc1C(F)(F)F.c1ccncc1. The molecule has 0 saturated carbocycles. The Hall–Kier alpha value is -2.59. The van der Waals surface area contributed by atoms with Crippen LogP contribution >= 0.6 is 0 Å². The molecule has 3 rings (SSSR count). The number of rotatable bonds is 1. The van der Waals surface area contributed by atoms with Crippen molar-refractivity contribution >= 4 is 5.69 Å². The molecule has 0 radical (unpaired) electrons. The topological polar surface area (TPSA) is 52.0 Å². The maximum Gasteiger partial charge on any atom is 0.417 e. The molecule has 2 heterocycles. The lowest BCUT2D eigenvalue weighted by molar-refractivity contribution is -0.137. The van der Waals surface area contributed by atoms with Gasteiger partial charge in [-0.1, -0.05) is 6.07 Å². The van der Waals surface area contributed by atoms with Crippen LogP contribution < -0.4 is 10.2 Å². The van der Waals surface area contributed by atoms with Gasteiger partial charge in [-0.15, -0.1) is 0 Å². The molecule has 24 heavy (non-hydrogen) atoms. The Morgan fingerprint density at radius 3 is 2.21 bits per heavy atom. The minimum atomic E-state index is -4.49. The standard InChI is InChI=1S/C12H12F3N3.C5H5N/c13-12(14,15)11-7-10(2-1-9(11)8-16)18-5-3-17-4-6-18;1-2-4-6-5-3-1/h1-2,7,17H,3-6H2;1-5H. The Kier molecular flexibility index (Phi) is 6.15. The molecule has 1 aliphatic rings. The monoisotopic (exact) mass is 334 g/mol. The van der Waals surface area contributed by atoms with Crippen LogP contribution in [0.25, 0.3) is 0 Å². The Morgan fingerprint density at radius 2 is 1.75 bits per heavy atom. The summed E-state index contributed by atoms with van der Waals surface area (Å²) in [6, 6.07) is 11.2. The number of piperazine rings is 1. The third-order valence-corrected chi connectivity index (χ3v) is 3.48. The van der Waals surface area contributed by atoms with Gasteiger partial charge in [-0.2, -0.15) is 18.4 Å². The van der Waals surface area contributed by atoms with E-state index in [1.54, 1.807) is 24.5 Å². The van der Waals surface area contributed by atoms with Gasteiger partial charge in [0.1, 0.15) is 0 Å². The summed E-state index contributed by atoms with van der Waals surface area (Å²) in [6.45, 7) is 2.84. The summed E-state index contributed by atoms with van der Waals surface area (Å²) in [5.41, 5.74) is -0.676. The van der Waals surface area contributed by atoms with Crippen molar-refractivity contribution in [2.75, 3.05) is 31.1 Å². The summed E-state index contributed by atoms with van der Waals surface area (Å²) in [6.07, 6.45) is -0.991. The molecular weight excluding hydrogens is 317 g/mol. The van der Waals surface area contributed by atoms with E-state index in [9.17, 15) is 13.2 Å². The van der Waals surface area contributed by atoms with E-state index in [1.807, 2.05) is 23.1 Å². The van der Waals surface area contributed by atoms with Gasteiger partial charge in [-0.3, -0.25) is 4.98 Å². The van der Waals surface area contributed by atoms with Crippen LogP contribution in [0, 0.1) is 11.3 Å². The average molecular weight is 334 g/mol. The zero-order valence-corrected chi connectivity index (χ0v) is 12.9. The Labute approximate surface area is 138 Å². The normalized spacial score (nSPS) is 14.3. The van der Waals surface area contributed by atoms with Gasteiger partial charge < -0.3 is 10.2 Å². The maximum atomic E-state index is 12.8. The molecule has 1 aliphatic heterocycles. The summed E-state index contributed by atoms with van der Waals surface area (Å²) in [5, 5.41) is 11.8. The van der Waals surface area contributed by atoms with Crippen molar-refractivity contribution in [3.63, 3.8) is 0 Å². The van der Waals surface area contributed by atoms with Crippen LogP contribution in [0.15, 0.2) is 48.8 Å². The molecule has 0 bridgehead atoms. The molecule has 0 amide bonds. The molecule has 7 heteroatoms. The fourth-order valence-corrected chi connectivity index (χ4v) is 2.30. The summed E-state index contributed by atoms with van der Waals surface area (Å²) >= 11 is 0. The van der Waals surface area contributed by atoms with Gasteiger partial charge in [-0.05, 0) is 30.3 Å². The molecule has 2 aromatic rings. The van der Waals surface area contributed by atoms with Crippen molar-refractivity contribution in [1.29, 1.82) is 5.26 Å². The van der Waals surface area contributed by atoms with Crippen LogP contribution in [0.5, 0.6) is 0 Å². The molecule has 1 N–H and O–H groups in total. The Morgan fingerprint density at radius 1 is 1.08 bits per heavy atom. The van der Waals surface area contributed by atoms with Gasteiger partial charge in [0.15, 0.2) is 0 Å². The van der Waals surface area contributed by atoms with Crippen molar-refractivity contribution < 1.29 is 13.2 Å². The molecule has 0 aliphatic carbocycles. The second kappa shape index (κ2) is 8.31. The smallest absolute Gasteiger partial charge is 0.369 e. The number of nitrogens with one attached hydrogen (secondary N) is 1. The molecule has 1 saturated heterocycles. The highest BCUT2D eigenvalue weighted by Gasteiger charge is 2.34. The number of pyridine rings is 1.